The first-order valence-electron chi connectivity index (χ1n) is 5.00. The molecule has 0 aromatic carbocycles. The normalized spacial score (nSPS) is 12.5. The van der Waals surface area contributed by atoms with Crippen molar-refractivity contribution in [3.8, 4) is 0 Å². The molecule has 1 heterocycles. The second-order valence-corrected chi connectivity index (χ2v) is 3.71. The van der Waals surface area contributed by atoms with Gasteiger partial charge in [-0.15, -0.1) is 0 Å². The molecule has 0 aliphatic heterocycles. The number of aromatic amines is 1. The molecule has 5 heteroatoms. The third-order valence-corrected chi connectivity index (χ3v) is 2.21. The van der Waals surface area contributed by atoms with E-state index >= 15 is 0 Å². The highest BCUT2D eigenvalue weighted by Gasteiger charge is 2.10. The Kier molecular flexibility index (Phi) is 4.30. The number of aromatic nitrogens is 2. The maximum Gasteiger partial charge on any atom is 0.228 e. The molecular weight excluding hydrogens is 194 g/mol. The van der Waals surface area contributed by atoms with Crippen LogP contribution in [0.2, 0.25) is 0 Å². The Morgan fingerprint density at radius 3 is 3.00 bits per heavy atom. The van der Waals surface area contributed by atoms with Gasteiger partial charge in [0.15, 0.2) is 0 Å². The standard InChI is InChI=1S/C10H17N3O2/c1-8(14)4-6-13(2)10(15)7-9-3-5-11-12-9/h3,5,8,14H,4,6-7H2,1-2H3,(H,11,12). The number of likely N-dealkylation sites (N-methyl/N-ethyl adjacent to an activating group) is 1. The molecule has 0 saturated carbocycles. The molecule has 1 atom stereocenters. The van der Waals surface area contributed by atoms with E-state index in [2.05, 4.69) is 10.2 Å². The summed E-state index contributed by atoms with van der Waals surface area (Å²) in [5.41, 5.74) is 0.809. The van der Waals surface area contributed by atoms with Crippen LogP contribution in [0.25, 0.3) is 0 Å². The number of H-pyrrole nitrogens is 1. The van der Waals surface area contributed by atoms with Crippen molar-refractivity contribution < 1.29 is 9.90 Å². The Morgan fingerprint density at radius 2 is 2.47 bits per heavy atom. The Labute approximate surface area is 89.1 Å². The molecule has 1 aromatic rings. The molecule has 0 saturated heterocycles. The number of carbonyl (C=O) groups excluding carboxylic acids is 1. The molecule has 2 N–H and O–H groups in total. The van der Waals surface area contributed by atoms with Crippen LogP contribution in [0, 0.1) is 0 Å². The van der Waals surface area contributed by atoms with Gasteiger partial charge in [-0.25, -0.2) is 0 Å². The van der Waals surface area contributed by atoms with Gasteiger partial charge in [0.25, 0.3) is 0 Å². The summed E-state index contributed by atoms with van der Waals surface area (Å²) >= 11 is 0. The van der Waals surface area contributed by atoms with Gasteiger partial charge in [-0.05, 0) is 19.4 Å². The zero-order valence-electron chi connectivity index (χ0n) is 9.10. The van der Waals surface area contributed by atoms with E-state index in [1.807, 2.05) is 0 Å². The second kappa shape index (κ2) is 5.50. The van der Waals surface area contributed by atoms with Gasteiger partial charge in [0.2, 0.25) is 5.91 Å². The smallest absolute Gasteiger partial charge is 0.228 e. The number of amides is 1. The molecular formula is C10H17N3O2. The van der Waals surface area contributed by atoms with Crippen molar-refractivity contribution in [3.05, 3.63) is 18.0 Å². The predicted molar refractivity (Wildman–Crippen MR) is 56.2 cm³/mol. The topological polar surface area (TPSA) is 69.2 Å². The van der Waals surface area contributed by atoms with Gasteiger partial charge in [-0.1, -0.05) is 0 Å². The lowest BCUT2D eigenvalue weighted by Gasteiger charge is -2.17. The van der Waals surface area contributed by atoms with E-state index in [1.165, 1.54) is 0 Å². The zero-order chi connectivity index (χ0) is 11.3. The van der Waals surface area contributed by atoms with Crippen LogP contribution in [0.3, 0.4) is 0 Å². The first kappa shape index (κ1) is 11.7. The summed E-state index contributed by atoms with van der Waals surface area (Å²) < 4.78 is 0. The van der Waals surface area contributed by atoms with Crippen molar-refractivity contribution in [3.63, 3.8) is 0 Å². The van der Waals surface area contributed by atoms with Crippen LogP contribution in [0.1, 0.15) is 19.0 Å². The maximum atomic E-state index is 11.6. The molecule has 0 spiro atoms. The molecule has 5 nitrogen and oxygen atoms in total. The SMILES string of the molecule is CC(O)CCN(C)C(=O)Cc1ccn[nH]1. The van der Waals surface area contributed by atoms with E-state index in [-0.39, 0.29) is 12.0 Å². The highest BCUT2D eigenvalue weighted by molar-refractivity contribution is 5.77. The number of hydrogen-bond donors (Lipinski definition) is 2. The minimum Gasteiger partial charge on any atom is -0.393 e. The summed E-state index contributed by atoms with van der Waals surface area (Å²) in [6.45, 7) is 2.29. The minimum atomic E-state index is -0.368. The third kappa shape index (κ3) is 4.12. The van der Waals surface area contributed by atoms with E-state index in [4.69, 9.17) is 5.11 Å². The van der Waals surface area contributed by atoms with Crippen LogP contribution in [0.5, 0.6) is 0 Å². The molecule has 0 aliphatic rings. The summed E-state index contributed by atoms with van der Waals surface area (Å²) in [5.74, 6) is 0.0277. The second-order valence-electron chi connectivity index (χ2n) is 3.71. The third-order valence-electron chi connectivity index (χ3n) is 2.21. The summed E-state index contributed by atoms with van der Waals surface area (Å²) in [7, 11) is 1.74. The predicted octanol–water partition coefficient (Wildman–Crippen LogP) is 0.181. The van der Waals surface area contributed by atoms with Crippen LogP contribution in [-0.4, -0.2) is 45.8 Å². The quantitative estimate of drug-likeness (QED) is 0.730. The largest absolute Gasteiger partial charge is 0.393 e. The number of rotatable bonds is 5. The number of nitrogens with zero attached hydrogens (tertiary/aromatic N) is 2. The summed E-state index contributed by atoms with van der Waals surface area (Å²) in [4.78, 5) is 13.2. The number of aliphatic hydroxyl groups excluding tert-OH is 1. The lowest BCUT2D eigenvalue weighted by molar-refractivity contribution is -0.129. The van der Waals surface area contributed by atoms with Crippen LogP contribution >= 0.6 is 0 Å². The fourth-order valence-electron chi connectivity index (χ4n) is 1.19. The molecule has 1 unspecified atom stereocenters. The van der Waals surface area contributed by atoms with Gasteiger partial charge in [-0.3, -0.25) is 9.89 Å². The highest BCUT2D eigenvalue weighted by Crippen LogP contribution is 1.99. The number of hydrogen-bond acceptors (Lipinski definition) is 3. The van der Waals surface area contributed by atoms with Gasteiger partial charge in [-0.2, -0.15) is 5.10 Å². The molecule has 1 rings (SSSR count). The monoisotopic (exact) mass is 211 g/mol. The van der Waals surface area contributed by atoms with E-state index in [0.29, 0.717) is 19.4 Å². The molecule has 0 fully saturated rings. The lowest BCUT2D eigenvalue weighted by atomic mass is 10.2. The van der Waals surface area contributed by atoms with Crippen LogP contribution in [-0.2, 0) is 11.2 Å². The van der Waals surface area contributed by atoms with Gasteiger partial charge in [0.05, 0.1) is 12.5 Å². The van der Waals surface area contributed by atoms with Crippen molar-refractivity contribution in [1.82, 2.24) is 15.1 Å². The van der Waals surface area contributed by atoms with Crippen LogP contribution in [0.15, 0.2) is 12.3 Å². The van der Waals surface area contributed by atoms with E-state index < -0.39 is 0 Å². The molecule has 15 heavy (non-hydrogen) atoms. The first-order valence-corrected chi connectivity index (χ1v) is 5.00. The van der Waals surface area contributed by atoms with Crippen molar-refractivity contribution in [2.45, 2.75) is 25.9 Å². The van der Waals surface area contributed by atoms with Crippen molar-refractivity contribution in [2.24, 2.45) is 0 Å². The number of carbonyl (C=O) groups is 1. The van der Waals surface area contributed by atoms with Gasteiger partial charge >= 0.3 is 0 Å². The van der Waals surface area contributed by atoms with Crippen LogP contribution < -0.4 is 0 Å². The average molecular weight is 211 g/mol. The highest BCUT2D eigenvalue weighted by atomic mass is 16.3. The molecule has 0 bridgehead atoms. The van der Waals surface area contributed by atoms with Gasteiger partial charge in [0, 0.05) is 25.5 Å². The van der Waals surface area contributed by atoms with Gasteiger partial charge in [0.1, 0.15) is 0 Å². The average Bonchev–Trinajstić information content (AvgIpc) is 2.66. The lowest BCUT2D eigenvalue weighted by Crippen LogP contribution is -2.30. The minimum absolute atomic E-state index is 0.0277. The van der Waals surface area contributed by atoms with Crippen molar-refractivity contribution in [1.29, 1.82) is 0 Å². The maximum absolute atomic E-state index is 11.6. The van der Waals surface area contributed by atoms with E-state index in [1.54, 1.807) is 31.1 Å². The number of nitrogens with one attached hydrogen (secondary N) is 1. The molecule has 0 radical (unpaired) electrons. The fraction of sp³-hybridized carbons (Fsp3) is 0.600. The van der Waals surface area contributed by atoms with Crippen molar-refractivity contribution in [2.75, 3.05) is 13.6 Å². The number of aliphatic hydroxyl groups is 1. The fourth-order valence-corrected chi connectivity index (χ4v) is 1.19. The summed E-state index contributed by atoms with van der Waals surface area (Å²) in [6.07, 6.45) is 2.19. The van der Waals surface area contributed by atoms with Gasteiger partial charge < -0.3 is 10.0 Å². The Bertz CT molecular complexity index is 296. The summed E-state index contributed by atoms with van der Waals surface area (Å²) in [5, 5.41) is 15.6. The summed E-state index contributed by atoms with van der Waals surface area (Å²) in [6, 6.07) is 1.78. The Balaban J connectivity index is 2.33. The Morgan fingerprint density at radius 1 is 1.73 bits per heavy atom. The van der Waals surface area contributed by atoms with Crippen LogP contribution in [0.4, 0.5) is 0 Å². The first-order chi connectivity index (χ1) is 7.09. The molecule has 1 amide bonds. The molecule has 0 aliphatic carbocycles. The zero-order valence-corrected chi connectivity index (χ0v) is 9.10. The van der Waals surface area contributed by atoms with Crippen molar-refractivity contribution >= 4 is 5.91 Å². The molecule has 1 aromatic heterocycles. The van der Waals surface area contributed by atoms with E-state index in [9.17, 15) is 4.79 Å². The van der Waals surface area contributed by atoms with E-state index in [0.717, 1.165) is 5.69 Å². The molecule has 84 valence electrons. The Hall–Kier alpha value is -1.36.